The van der Waals surface area contributed by atoms with Gasteiger partial charge in [0.2, 0.25) is 5.91 Å². The number of nitrogens with zero attached hydrogens (tertiary/aromatic N) is 1. The van der Waals surface area contributed by atoms with Gasteiger partial charge in [0.05, 0.1) is 18.5 Å². The highest BCUT2D eigenvalue weighted by Crippen LogP contribution is 2.41. The molecule has 1 amide bonds. The fourth-order valence-electron chi connectivity index (χ4n) is 3.46. The SMILES string of the molecule is COCCOc1ccc2c(c1)NC(=O)CC2c1cn[nH]c1-c1ccc(F)cc1. The summed E-state index contributed by atoms with van der Waals surface area (Å²) in [7, 11) is 1.62. The van der Waals surface area contributed by atoms with Crippen molar-refractivity contribution >= 4 is 11.6 Å². The van der Waals surface area contributed by atoms with E-state index in [1.165, 1.54) is 12.1 Å². The maximum atomic E-state index is 13.3. The van der Waals surface area contributed by atoms with Crippen LogP contribution in [0.3, 0.4) is 0 Å². The molecule has 7 heteroatoms. The van der Waals surface area contributed by atoms with Gasteiger partial charge in [0, 0.05) is 42.3 Å². The number of rotatable bonds is 6. The second-order valence-corrected chi connectivity index (χ2v) is 6.60. The van der Waals surface area contributed by atoms with E-state index in [1.807, 2.05) is 18.2 Å². The number of aromatic amines is 1. The van der Waals surface area contributed by atoms with Gasteiger partial charge < -0.3 is 14.8 Å². The molecule has 2 aromatic carbocycles. The average Bonchev–Trinajstić information content (AvgIpc) is 3.17. The Bertz CT molecular complexity index is 985. The van der Waals surface area contributed by atoms with Crippen molar-refractivity contribution in [1.29, 1.82) is 0 Å². The number of carbonyl (C=O) groups is 1. The smallest absolute Gasteiger partial charge is 0.225 e. The third-order valence-electron chi connectivity index (χ3n) is 4.80. The Hall–Kier alpha value is -3.19. The van der Waals surface area contributed by atoms with Gasteiger partial charge in [0.25, 0.3) is 0 Å². The summed E-state index contributed by atoms with van der Waals surface area (Å²) in [6.07, 6.45) is 2.04. The van der Waals surface area contributed by atoms with Crippen LogP contribution in [0.2, 0.25) is 0 Å². The van der Waals surface area contributed by atoms with Crippen molar-refractivity contribution < 1.29 is 18.7 Å². The van der Waals surface area contributed by atoms with E-state index in [0.29, 0.717) is 25.4 Å². The first kappa shape index (κ1) is 18.2. The van der Waals surface area contributed by atoms with Crippen LogP contribution in [0.25, 0.3) is 11.3 Å². The van der Waals surface area contributed by atoms with Crippen LogP contribution >= 0.6 is 0 Å². The van der Waals surface area contributed by atoms with Crippen LogP contribution in [0.5, 0.6) is 5.75 Å². The predicted molar refractivity (Wildman–Crippen MR) is 103 cm³/mol. The predicted octanol–water partition coefficient (Wildman–Crippen LogP) is 3.72. The van der Waals surface area contributed by atoms with Crippen LogP contribution in [0.1, 0.15) is 23.5 Å². The summed E-state index contributed by atoms with van der Waals surface area (Å²) in [5, 5.41) is 10.1. The quantitative estimate of drug-likeness (QED) is 0.638. The number of ether oxygens (including phenoxy) is 2. The lowest BCUT2D eigenvalue weighted by atomic mass is 9.84. The summed E-state index contributed by atoms with van der Waals surface area (Å²) in [4.78, 5) is 12.3. The third-order valence-corrected chi connectivity index (χ3v) is 4.80. The lowest BCUT2D eigenvalue weighted by Crippen LogP contribution is -2.23. The van der Waals surface area contributed by atoms with Gasteiger partial charge in [-0.05, 0) is 35.9 Å². The maximum Gasteiger partial charge on any atom is 0.225 e. The highest BCUT2D eigenvalue weighted by molar-refractivity contribution is 5.96. The molecular weight excluding hydrogens is 361 g/mol. The van der Waals surface area contributed by atoms with Crippen molar-refractivity contribution in [3.05, 3.63) is 65.6 Å². The molecule has 2 N–H and O–H groups in total. The second-order valence-electron chi connectivity index (χ2n) is 6.60. The molecule has 28 heavy (non-hydrogen) atoms. The zero-order valence-corrected chi connectivity index (χ0v) is 15.4. The lowest BCUT2D eigenvalue weighted by molar-refractivity contribution is -0.116. The van der Waals surface area contributed by atoms with Crippen molar-refractivity contribution in [1.82, 2.24) is 10.2 Å². The molecule has 0 saturated heterocycles. The molecule has 0 aliphatic carbocycles. The van der Waals surface area contributed by atoms with Crippen molar-refractivity contribution in [2.45, 2.75) is 12.3 Å². The third kappa shape index (κ3) is 3.61. The van der Waals surface area contributed by atoms with Crippen LogP contribution in [-0.4, -0.2) is 36.4 Å². The topological polar surface area (TPSA) is 76.2 Å². The normalized spacial score (nSPS) is 15.8. The van der Waals surface area contributed by atoms with Gasteiger partial charge in [-0.2, -0.15) is 5.10 Å². The zero-order valence-electron chi connectivity index (χ0n) is 15.4. The molecule has 144 valence electrons. The molecule has 1 atom stereocenters. The van der Waals surface area contributed by atoms with E-state index in [9.17, 15) is 9.18 Å². The molecule has 0 spiro atoms. The van der Waals surface area contributed by atoms with E-state index in [1.54, 1.807) is 25.4 Å². The van der Waals surface area contributed by atoms with Crippen LogP contribution < -0.4 is 10.1 Å². The number of hydrogen-bond acceptors (Lipinski definition) is 4. The van der Waals surface area contributed by atoms with Crippen molar-refractivity contribution in [2.24, 2.45) is 0 Å². The number of anilines is 1. The van der Waals surface area contributed by atoms with Crippen molar-refractivity contribution in [3.8, 4) is 17.0 Å². The Balaban J connectivity index is 1.68. The van der Waals surface area contributed by atoms with Crippen LogP contribution in [0.4, 0.5) is 10.1 Å². The molecule has 2 heterocycles. The monoisotopic (exact) mass is 381 g/mol. The number of hydrogen-bond donors (Lipinski definition) is 2. The van der Waals surface area contributed by atoms with E-state index in [2.05, 4.69) is 15.5 Å². The number of halogens is 1. The zero-order chi connectivity index (χ0) is 19.5. The summed E-state index contributed by atoms with van der Waals surface area (Å²) >= 11 is 0. The molecule has 1 unspecified atom stereocenters. The molecule has 4 rings (SSSR count). The fraction of sp³-hybridized carbons (Fsp3) is 0.238. The standard InChI is InChI=1S/C21H20FN3O3/c1-27-8-9-28-15-6-7-16-17(11-20(26)24-19(16)10-15)18-12-23-25-21(18)13-2-4-14(22)5-3-13/h2-7,10,12,17H,8-9,11H2,1H3,(H,23,25)(H,24,26). The maximum absolute atomic E-state index is 13.3. The van der Waals surface area contributed by atoms with Crippen molar-refractivity contribution in [3.63, 3.8) is 0 Å². The summed E-state index contributed by atoms with van der Waals surface area (Å²) in [5.74, 6) is 0.143. The number of nitrogens with one attached hydrogen (secondary N) is 2. The molecule has 0 fully saturated rings. The summed E-state index contributed by atoms with van der Waals surface area (Å²) < 4.78 is 23.9. The minimum Gasteiger partial charge on any atom is -0.491 e. The molecule has 0 saturated carbocycles. The van der Waals surface area contributed by atoms with Gasteiger partial charge >= 0.3 is 0 Å². The molecule has 0 bridgehead atoms. The number of aromatic nitrogens is 2. The van der Waals surface area contributed by atoms with E-state index < -0.39 is 0 Å². The molecule has 0 radical (unpaired) electrons. The Kier molecular flexibility index (Phi) is 5.08. The summed E-state index contributed by atoms with van der Waals surface area (Å²) in [5.41, 5.74) is 4.22. The Morgan fingerprint density at radius 2 is 1.96 bits per heavy atom. The number of carbonyl (C=O) groups excluding carboxylic acids is 1. The minimum atomic E-state index is -0.298. The van der Waals surface area contributed by atoms with Gasteiger partial charge in [-0.15, -0.1) is 0 Å². The fourth-order valence-corrected chi connectivity index (χ4v) is 3.46. The number of benzene rings is 2. The van der Waals surface area contributed by atoms with E-state index in [0.717, 1.165) is 28.1 Å². The number of methoxy groups -OCH3 is 1. The highest BCUT2D eigenvalue weighted by Gasteiger charge is 2.29. The first-order valence-electron chi connectivity index (χ1n) is 9.00. The van der Waals surface area contributed by atoms with Gasteiger partial charge in [0.15, 0.2) is 0 Å². The summed E-state index contributed by atoms with van der Waals surface area (Å²) in [6, 6.07) is 11.9. The van der Waals surface area contributed by atoms with Gasteiger partial charge in [-0.25, -0.2) is 4.39 Å². The average molecular weight is 381 g/mol. The van der Waals surface area contributed by atoms with Gasteiger partial charge in [-0.3, -0.25) is 9.89 Å². The van der Waals surface area contributed by atoms with E-state index >= 15 is 0 Å². The molecule has 1 aliphatic heterocycles. The van der Waals surface area contributed by atoms with Crippen LogP contribution in [0, 0.1) is 5.82 Å². The van der Waals surface area contributed by atoms with E-state index in [4.69, 9.17) is 9.47 Å². The summed E-state index contributed by atoms with van der Waals surface area (Å²) in [6.45, 7) is 0.922. The highest BCUT2D eigenvalue weighted by atomic mass is 19.1. The molecular formula is C21H20FN3O3. The first-order chi connectivity index (χ1) is 13.7. The van der Waals surface area contributed by atoms with Crippen LogP contribution in [-0.2, 0) is 9.53 Å². The minimum absolute atomic E-state index is 0.0715. The molecule has 1 aromatic heterocycles. The van der Waals surface area contributed by atoms with Gasteiger partial charge in [-0.1, -0.05) is 6.07 Å². The molecule has 3 aromatic rings. The number of amides is 1. The number of fused-ring (bicyclic) bond motifs is 1. The molecule has 6 nitrogen and oxygen atoms in total. The first-order valence-corrected chi connectivity index (χ1v) is 9.00. The Morgan fingerprint density at radius 1 is 1.14 bits per heavy atom. The number of H-pyrrole nitrogens is 1. The lowest BCUT2D eigenvalue weighted by Gasteiger charge is -2.26. The van der Waals surface area contributed by atoms with Crippen LogP contribution in [0.15, 0.2) is 48.7 Å². The van der Waals surface area contributed by atoms with Gasteiger partial charge in [0.1, 0.15) is 18.2 Å². The Morgan fingerprint density at radius 3 is 2.75 bits per heavy atom. The Labute approximate surface area is 161 Å². The van der Waals surface area contributed by atoms with Crippen molar-refractivity contribution in [2.75, 3.05) is 25.6 Å². The molecule has 1 aliphatic rings. The van der Waals surface area contributed by atoms with E-state index in [-0.39, 0.29) is 17.6 Å². The second kappa shape index (κ2) is 7.82. The largest absolute Gasteiger partial charge is 0.491 e.